The SMILES string of the molecule is O=c1cc(Oc2ccc(-c3cn[nH]c3)cc2)c2ccccc2[nH]1. The molecule has 0 saturated heterocycles. The van der Waals surface area contributed by atoms with Gasteiger partial charge in [0.1, 0.15) is 11.5 Å². The summed E-state index contributed by atoms with van der Waals surface area (Å²) in [7, 11) is 0. The Kier molecular flexibility index (Phi) is 3.16. The van der Waals surface area contributed by atoms with E-state index in [0.29, 0.717) is 11.5 Å². The van der Waals surface area contributed by atoms with Crippen molar-refractivity contribution in [2.75, 3.05) is 0 Å². The molecular formula is C18H13N3O2. The zero-order valence-electron chi connectivity index (χ0n) is 12.1. The molecule has 0 spiro atoms. The van der Waals surface area contributed by atoms with E-state index in [1.54, 1.807) is 6.20 Å². The Bertz CT molecular complexity index is 1000. The average molecular weight is 303 g/mol. The van der Waals surface area contributed by atoms with Gasteiger partial charge in [0.05, 0.1) is 11.7 Å². The average Bonchev–Trinajstić information content (AvgIpc) is 3.10. The Morgan fingerprint density at radius 1 is 0.957 bits per heavy atom. The number of benzene rings is 2. The number of ether oxygens (including phenoxy) is 1. The molecule has 2 heterocycles. The number of rotatable bonds is 3. The molecule has 112 valence electrons. The Labute approximate surface area is 131 Å². The molecule has 2 aromatic heterocycles. The zero-order chi connectivity index (χ0) is 15.6. The molecule has 0 atom stereocenters. The van der Waals surface area contributed by atoms with Gasteiger partial charge in [-0.2, -0.15) is 5.10 Å². The Balaban J connectivity index is 1.70. The summed E-state index contributed by atoms with van der Waals surface area (Å²) in [5.74, 6) is 1.22. The summed E-state index contributed by atoms with van der Waals surface area (Å²) >= 11 is 0. The first-order chi connectivity index (χ1) is 11.3. The molecule has 23 heavy (non-hydrogen) atoms. The number of aromatic amines is 2. The third-order valence-electron chi connectivity index (χ3n) is 3.63. The molecule has 4 rings (SSSR count). The first-order valence-corrected chi connectivity index (χ1v) is 7.19. The molecule has 2 aromatic carbocycles. The van der Waals surface area contributed by atoms with Crippen LogP contribution < -0.4 is 10.3 Å². The Morgan fingerprint density at radius 3 is 2.57 bits per heavy atom. The largest absolute Gasteiger partial charge is 0.456 e. The van der Waals surface area contributed by atoms with E-state index in [1.807, 2.05) is 54.7 Å². The van der Waals surface area contributed by atoms with Crippen molar-refractivity contribution in [2.45, 2.75) is 0 Å². The van der Waals surface area contributed by atoms with Gasteiger partial charge in [0, 0.05) is 23.2 Å². The molecule has 0 saturated carbocycles. The van der Waals surface area contributed by atoms with Gasteiger partial charge in [0.15, 0.2) is 0 Å². The fourth-order valence-corrected chi connectivity index (χ4v) is 2.51. The number of H-pyrrole nitrogens is 2. The van der Waals surface area contributed by atoms with Gasteiger partial charge in [-0.25, -0.2) is 0 Å². The molecule has 0 aliphatic rings. The smallest absolute Gasteiger partial charge is 0.252 e. The van der Waals surface area contributed by atoms with Crippen LogP contribution in [0.2, 0.25) is 0 Å². The van der Waals surface area contributed by atoms with Crippen LogP contribution in [0.25, 0.3) is 22.0 Å². The maximum Gasteiger partial charge on any atom is 0.252 e. The number of hydrogen-bond donors (Lipinski definition) is 2. The fraction of sp³-hybridized carbons (Fsp3) is 0. The monoisotopic (exact) mass is 303 g/mol. The molecule has 5 nitrogen and oxygen atoms in total. The standard InChI is InChI=1S/C18H13N3O2/c22-18-9-17(15-3-1-2-4-16(15)21-18)23-14-7-5-12(6-8-14)13-10-19-20-11-13/h1-11H,(H,19,20)(H,21,22). The van der Waals surface area contributed by atoms with Crippen molar-refractivity contribution in [3.05, 3.63) is 77.3 Å². The van der Waals surface area contributed by atoms with Gasteiger partial charge in [-0.15, -0.1) is 0 Å². The first-order valence-electron chi connectivity index (χ1n) is 7.19. The van der Waals surface area contributed by atoms with E-state index in [2.05, 4.69) is 15.2 Å². The van der Waals surface area contributed by atoms with Crippen LogP contribution in [-0.2, 0) is 0 Å². The van der Waals surface area contributed by atoms with E-state index >= 15 is 0 Å². The van der Waals surface area contributed by atoms with Crippen LogP contribution in [-0.4, -0.2) is 15.2 Å². The van der Waals surface area contributed by atoms with Crippen molar-refractivity contribution < 1.29 is 4.74 Å². The van der Waals surface area contributed by atoms with E-state index in [4.69, 9.17) is 4.74 Å². The quantitative estimate of drug-likeness (QED) is 0.606. The van der Waals surface area contributed by atoms with Crippen LogP contribution in [0.15, 0.2) is 71.8 Å². The van der Waals surface area contributed by atoms with Crippen LogP contribution in [0.1, 0.15) is 0 Å². The van der Waals surface area contributed by atoms with E-state index in [-0.39, 0.29) is 5.56 Å². The van der Waals surface area contributed by atoms with Crippen LogP contribution in [0.4, 0.5) is 0 Å². The van der Waals surface area contributed by atoms with Gasteiger partial charge in [0.2, 0.25) is 0 Å². The predicted octanol–water partition coefficient (Wildman–Crippen LogP) is 3.71. The minimum Gasteiger partial charge on any atom is -0.456 e. The highest BCUT2D eigenvalue weighted by atomic mass is 16.5. The highest BCUT2D eigenvalue weighted by molar-refractivity contribution is 5.84. The van der Waals surface area contributed by atoms with Crippen LogP contribution in [0, 0.1) is 0 Å². The summed E-state index contributed by atoms with van der Waals surface area (Å²) in [5.41, 5.74) is 2.62. The molecule has 0 bridgehead atoms. The number of aromatic nitrogens is 3. The lowest BCUT2D eigenvalue weighted by atomic mass is 10.1. The van der Waals surface area contributed by atoms with Crippen molar-refractivity contribution >= 4 is 10.9 Å². The summed E-state index contributed by atoms with van der Waals surface area (Å²) < 4.78 is 5.90. The molecule has 0 aliphatic heterocycles. The second-order valence-corrected chi connectivity index (χ2v) is 5.16. The lowest BCUT2D eigenvalue weighted by Gasteiger charge is -2.09. The van der Waals surface area contributed by atoms with Gasteiger partial charge >= 0.3 is 0 Å². The lowest BCUT2D eigenvalue weighted by Crippen LogP contribution is -2.04. The molecule has 4 aromatic rings. The zero-order valence-corrected chi connectivity index (χ0v) is 12.1. The maximum absolute atomic E-state index is 11.8. The maximum atomic E-state index is 11.8. The molecule has 0 amide bonds. The van der Waals surface area contributed by atoms with Crippen molar-refractivity contribution in [2.24, 2.45) is 0 Å². The number of hydrogen-bond acceptors (Lipinski definition) is 3. The van der Waals surface area contributed by atoms with Gasteiger partial charge in [0.25, 0.3) is 5.56 Å². The normalized spacial score (nSPS) is 10.8. The van der Waals surface area contributed by atoms with Gasteiger partial charge < -0.3 is 9.72 Å². The van der Waals surface area contributed by atoms with E-state index in [1.165, 1.54) is 6.07 Å². The number of para-hydroxylation sites is 1. The van der Waals surface area contributed by atoms with Crippen molar-refractivity contribution in [1.82, 2.24) is 15.2 Å². The van der Waals surface area contributed by atoms with Gasteiger partial charge in [-0.3, -0.25) is 9.89 Å². The van der Waals surface area contributed by atoms with Crippen LogP contribution >= 0.6 is 0 Å². The molecular weight excluding hydrogens is 290 g/mol. The Morgan fingerprint density at radius 2 is 1.78 bits per heavy atom. The number of fused-ring (bicyclic) bond motifs is 1. The van der Waals surface area contributed by atoms with Gasteiger partial charge in [-0.05, 0) is 29.8 Å². The molecule has 2 N–H and O–H groups in total. The molecule has 0 radical (unpaired) electrons. The van der Waals surface area contributed by atoms with E-state index in [0.717, 1.165) is 22.0 Å². The highest BCUT2D eigenvalue weighted by Crippen LogP contribution is 2.29. The predicted molar refractivity (Wildman–Crippen MR) is 88.7 cm³/mol. The summed E-state index contributed by atoms with van der Waals surface area (Å²) in [5, 5.41) is 7.59. The molecule has 0 fully saturated rings. The van der Waals surface area contributed by atoms with Crippen LogP contribution in [0.3, 0.4) is 0 Å². The van der Waals surface area contributed by atoms with Crippen molar-refractivity contribution in [3.8, 4) is 22.6 Å². The minimum atomic E-state index is -0.186. The number of nitrogens with one attached hydrogen (secondary N) is 2. The van der Waals surface area contributed by atoms with E-state index in [9.17, 15) is 4.79 Å². The first kappa shape index (κ1) is 13.3. The summed E-state index contributed by atoms with van der Waals surface area (Å²) in [6.07, 6.45) is 3.60. The minimum absolute atomic E-state index is 0.186. The highest BCUT2D eigenvalue weighted by Gasteiger charge is 2.06. The molecule has 5 heteroatoms. The van der Waals surface area contributed by atoms with Crippen molar-refractivity contribution in [1.29, 1.82) is 0 Å². The van der Waals surface area contributed by atoms with Gasteiger partial charge in [-0.1, -0.05) is 24.3 Å². The second kappa shape index (κ2) is 5.46. The summed E-state index contributed by atoms with van der Waals surface area (Å²) in [6.45, 7) is 0. The lowest BCUT2D eigenvalue weighted by molar-refractivity contribution is 0.487. The fourth-order valence-electron chi connectivity index (χ4n) is 2.51. The molecule has 0 aliphatic carbocycles. The number of nitrogens with zero attached hydrogens (tertiary/aromatic N) is 1. The third kappa shape index (κ3) is 2.60. The van der Waals surface area contributed by atoms with Crippen molar-refractivity contribution in [3.63, 3.8) is 0 Å². The summed E-state index contributed by atoms with van der Waals surface area (Å²) in [4.78, 5) is 14.6. The second-order valence-electron chi connectivity index (χ2n) is 5.16. The Hall–Kier alpha value is -3.34. The third-order valence-corrected chi connectivity index (χ3v) is 3.63. The summed E-state index contributed by atoms with van der Waals surface area (Å²) in [6, 6.07) is 16.7. The molecule has 0 unspecified atom stereocenters. The number of pyridine rings is 1. The van der Waals surface area contributed by atoms with Crippen LogP contribution in [0.5, 0.6) is 11.5 Å². The van der Waals surface area contributed by atoms with E-state index < -0.39 is 0 Å². The topological polar surface area (TPSA) is 70.8 Å².